The van der Waals surface area contributed by atoms with E-state index in [1.165, 1.54) is 29.5 Å². The maximum Gasteiger partial charge on any atom is 0.224 e. The van der Waals surface area contributed by atoms with E-state index in [1.54, 1.807) is 0 Å². The molecule has 2 aliphatic rings. The van der Waals surface area contributed by atoms with Crippen LogP contribution >= 0.6 is 0 Å². The van der Waals surface area contributed by atoms with Gasteiger partial charge in [-0.1, -0.05) is 36.4 Å². The summed E-state index contributed by atoms with van der Waals surface area (Å²) in [5, 5.41) is 0. The Balaban J connectivity index is 1.19. The first-order valence-electron chi connectivity index (χ1n) is 10.8. The lowest BCUT2D eigenvalue weighted by atomic mass is 9.99. The number of amides is 1. The molecule has 2 aromatic carbocycles. The van der Waals surface area contributed by atoms with E-state index in [0.29, 0.717) is 12.5 Å². The van der Waals surface area contributed by atoms with Crippen molar-refractivity contribution in [1.82, 2.24) is 19.4 Å². The van der Waals surface area contributed by atoms with Crippen molar-refractivity contribution in [3.8, 4) is 0 Å². The number of piperidine rings is 1. The van der Waals surface area contributed by atoms with Crippen molar-refractivity contribution in [2.24, 2.45) is 0 Å². The van der Waals surface area contributed by atoms with Crippen LogP contribution in [0.15, 0.2) is 54.9 Å². The number of carbonyl (C=O) groups excluding carboxylic acids is 1. The average Bonchev–Trinajstić information content (AvgIpc) is 3.21. The minimum atomic E-state index is 0.287. The topological polar surface area (TPSA) is 41.4 Å². The van der Waals surface area contributed by atoms with Crippen LogP contribution in [0.5, 0.6) is 0 Å². The molecule has 5 nitrogen and oxygen atoms in total. The molecule has 0 aliphatic carbocycles. The van der Waals surface area contributed by atoms with Gasteiger partial charge in [0.25, 0.3) is 0 Å². The number of imidazole rings is 1. The van der Waals surface area contributed by atoms with Crippen molar-refractivity contribution in [3.63, 3.8) is 0 Å². The number of hydrogen-bond acceptors (Lipinski definition) is 3. The van der Waals surface area contributed by atoms with Gasteiger partial charge in [-0.2, -0.15) is 0 Å². The standard InChI is InChI=1S/C24H28N4O/c29-24(27-15-11-19-6-1-2-7-20(19)16-27)12-14-26-13-5-8-21(17-26)28-18-25-22-9-3-4-10-23(22)28/h1-4,6-7,9-10,18,21H,5,8,11-17H2. The SMILES string of the molecule is O=C(CCN1CCCC(n2cnc3ccccc32)C1)N1CCc2ccccc2C1. The van der Waals surface area contributed by atoms with Gasteiger partial charge in [0.15, 0.2) is 0 Å². The van der Waals surface area contributed by atoms with E-state index < -0.39 is 0 Å². The van der Waals surface area contributed by atoms with Gasteiger partial charge >= 0.3 is 0 Å². The van der Waals surface area contributed by atoms with Crippen molar-refractivity contribution in [3.05, 3.63) is 66.0 Å². The van der Waals surface area contributed by atoms with Crippen LogP contribution in [0.25, 0.3) is 11.0 Å². The van der Waals surface area contributed by atoms with E-state index in [0.717, 1.165) is 44.7 Å². The van der Waals surface area contributed by atoms with Gasteiger partial charge in [-0.3, -0.25) is 4.79 Å². The molecule has 1 saturated heterocycles. The normalized spacial score (nSPS) is 20.0. The summed E-state index contributed by atoms with van der Waals surface area (Å²) in [4.78, 5) is 21.9. The molecule has 2 aliphatic heterocycles. The van der Waals surface area contributed by atoms with Crippen molar-refractivity contribution < 1.29 is 4.79 Å². The maximum absolute atomic E-state index is 12.8. The Kier molecular flexibility index (Phi) is 5.06. The molecule has 0 saturated carbocycles. The molecular formula is C24H28N4O. The lowest BCUT2D eigenvalue weighted by molar-refractivity contribution is -0.132. The van der Waals surface area contributed by atoms with Crippen LogP contribution in [0, 0.1) is 0 Å². The predicted octanol–water partition coefficient (Wildman–Crippen LogP) is 3.65. The second-order valence-corrected chi connectivity index (χ2v) is 8.32. The molecule has 1 amide bonds. The summed E-state index contributed by atoms with van der Waals surface area (Å²) < 4.78 is 2.32. The Morgan fingerprint density at radius 1 is 1.03 bits per heavy atom. The minimum Gasteiger partial charge on any atom is -0.338 e. The van der Waals surface area contributed by atoms with Gasteiger partial charge in [-0.25, -0.2) is 4.98 Å². The number of carbonyl (C=O) groups is 1. The molecule has 0 radical (unpaired) electrons. The van der Waals surface area contributed by atoms with E-state index in [1.807, 2.05) is 17.3 Å². The average molecular weight is 389 g/mol. The Morgan fingerprint density at radius 2 is 1.86 bits per heavy atom. The molecule has 29 heavy (non-hydrogen) atoms. The second kappa shape index (κ2) is 7.99. The molecule has 1 fully saturated rings. The van der Waals surface area contributed by atoms with Crippen molar-refractivity contribution in [2.75, 3.05) is 26.2 Å². The van der Waals surface area contributed by atoms with Crippen molar-refractivity contribution >= 4 is 16.9 Å². The number of benzene rings is 2. The molecule has 3 aromatic rings. The first-order valence-corrected chi connectivity index (χ1v) is 10.8. The molecular weight excluding hydrogens is 360 g/mol. The minimum absolute atomic E-state index is 0.287. The third-order valence-electron chi connectivity index (χ3n) is 6.48. The fraction of sp³-hybridized carbons (Fsp3) is 0.417. The van der Waals surface area contributed by atoms with Crippen molar-refractivity contribution in [1.29, 1.82) is 0 Å². The van der Waals surface area contributed by atoms with E-state index >= 15 is 0 Å². The van der Waals surface area contributed by atoms with Crippen LogP contribution in [0.1, 0.15) is 36.4 Å². The number of rotatable bonds is 4. The first kappa shape index (κ1) is 18.4. The Hall–Kier alpha value is -2.66. The third kappa shape index (κ3) is 3.79. The Labute approximate surface area is 171 Å². The Bertz CT molecular complexity index is 1010. The molecule has 5 heteroatoms. The van der Waals surface area contributed by atoms with Gasteiger partial charge in [-0.15, -0.1) is 0 Å². The molecule has 150 valence electrons. The highest BCUT2D eigenvalue weighted by Crippen LogP contribution is 2.26. The van der Waals surface area contributed by atoms with Gasteiger partial charge in [-0.05, 0) is 49.1 Å². The summed E-state index contributed by atoms with van der Waals surface area (Å²) in [5.41, 5.74) is 4.97. The lowest BCUT2D eigenvalue weighted by Gasteiger charge is -2.34. The maximum atomic E-state index is 12.8. The van der Waals surface area contributed by atoms with Crippen LogP contribution in [-0.2, 0) is 17.8 Å². The van der Waals surface area contributed by atoms with Crippen LogP contribution in [0.3, 0.4) is 0 Å². The van der Waals surface area contributed by atoms with Gasteiger partial charge in [0.05, 0.1) is 17.4 Å². The summed E-state index contributed by atoms with van der Waals surface area (Å²) >= 11 is 0. The Morgan fingerprint density at radius 3 is 2.79 bits per heavy atom. The van der Waals surface area contributed by atoms with Crippen molar-refractivity contribution in [2.45, 2.75) is 38.3 Å². The van der Waals surface area contributed by atoms with Gasteiger partial charge < -0.3 is 14.4 Å². The molecule has 1 aromatic heterocycles. The summed E-state index contributed by atoms with van der Waals surface area (Å²) in [7, 11) is 0. The fourth-order valence-corrected chi connectivity index (χ4v) is 4.85. The molecule has 5 rings (SSSR count). The van der Waals surface area contributed by atoms with Crippen LogP contribution in [0.4, 0.5) is 0 Å². The summed E-state index contributed by atoms with van der Waals surface area (Å²) in [6.07, 6.45) is 5.91. The fourth-order valence-electron chi connectivity index (χ4n) is 4.85. The summed E-state index contributed by atoms with van der Waals surface area (Å²) in [6, 6.07) is 17.3. The molecule has 3 heterocycles. The lowest BCUT2D eigenvalue weighted by Crippen LogP contribution is -2.41. The van der Waals surface area contributed by atoms with Gasteiger partial charge in [0.2, 0.25) is 5.91 Å². The molecule has 1 unspecified atom stereocenters. The molecule has 0 N–H and O–H groups in total. The van der Waals surface area contributed by atoms with Crippen LogP contribution in [0.2, 0.25) is 0 Å². The largest absolute Gasteiger partial charge is 0.338 e. The number of fused-ring (bicyclic) bond motifs is 2. The number of nitrogens with zero attached hydrogens (tertiary/aromatic N) is 4. The zero-order valence-corrected chi connectivity index (χ0v) is 16.8. The number of para-hydroxylation sites is 2. The van der Waals surface area contributed by atoms with E-state index in [2.05, 4.69) is 56.9 Å². The molecule has 0 bridgehead atoms. The summed E-state index contributed by atoms with van der Waals surface area (Å²) in [5.74, 6) is 0.287. The molecule has 1 atom stereocenters. The van der Waals surface area contributed by atoms with E-state index in [4.69, 9.17) is 0 Å². The number of aromatic nitrogens is 2. The second-order valence-electron chi connectivity index (χ2n) is 8.32. The highest BCUT2D eigenvalue weighted by molar-refractivity contribution is 5.77. The highest BCUT2D eigenvalue weighted by atomic mass is 16.2. The highest BCUT2D eigenvalue weighted by Gasteiger charge is 2.25. The predicted molar refractivity (Wildman–Crippen MR) is 115 cm³/mol. The number of hydrogen-bond donors (Lipinski definition) is 0. The van der Waals surface area contributed by atoms with E-state index in [-0.39, 0.29) is 5.91 Å². The first-order chi connectivity index (χ1) is 14.3. The van der Waals surface area contributed by atoms with Gasteiger partial charge in [0.1, 0.15) is 0 Å². The van der Waals surface area contributed by atoms with Crippen LogP contribution in [-0.4, -0.2) is 51.4 Å². The summed E-state index contributed by atoms with van der Waals surface area (Å²) in [6.45, 7) is 4.54. The molecule has 0 spiro atoms. The zero-order chi connectivity index (χ0) is 19.6. The van der Waals surface area contributed by atoms with Gasteiger partial charge in [0, 0.05) is 38.6 Å². The van der Waals surface area contributed by atoms with Crippen LogP contribution < -0.4 is 0 Å². The monoisotopic (exact) mass is 388 g/mol. The number of likely N-dealkylation sites (tertiary alicyclic amines) is 1. The quantitative estimate of drug-likeness (QED) is 0.685. The third-order valence-corrected chi connectivity index (χ3v) is 6.48. The van der Waals surface area contributed by atoms with E-state index in [9.17, 15) is 4.79 Å². The smallest absolute Gasteiger partial charge is 0.224 e. The zero-order valence-electron chi connectivity index (χ0n) is 16.8.